The summed E-state index contributed by atoms with van der Waals surface area (Å²) in [6.45, 7) is 5.34. The highest BCUT2D eigenvalue weighted by Gasteiger charge is 2.33. The van der Waals surface area contributed by atoms with Crippen LogP contribution in [0, 0.1) is 5.92 Å². The average molecular weight is 545 g/mol. The maximum atomic E-state index is 13.6. The zero-order valence-corrected chi connectivity index (χ0v) is 22.7. The first kappa shape index (κ1) is 27.1. The van der Waals surface area contributed by atoms with E-state index in [1.165, 1.54) is 12.1 Å². The number of ether oxygens (including phenoxy) is 1. The van der Waals surface area contributed by atoms with Crippen molar-refractivity contribution in [2.24, 2.45) is 5.92 Å². The normalized spacial score (nSPS) is 19.1. The molecule has 0 saturated heterocycles. The van der Waals surface area contributed by atoms with E-state index in [4.69, 9.17) is 4.74 Å². The molecule has 2 N–H and O–H groups in total. The summed E-state index contributed by atoms with van der Waals surface area (Å²) in [5, 5.41) is 11.5. The molecule has 3 atom stereocenters. The molecule has 2 aromatic heterocycles. The second kappa shape index (κ2) is 11.6. The molecule has 1 aliphatic rings. The molecule has 0 fully saturated rings. The predicted molar refractivity (Wildman–Crippen MR) is 143 cm³/mol. The van der Waals surface area contributed by atoms with Crippen molar-refractivity contribution < 1.29 is 23.1 Å². The number of nitrogens with zero attached hydrogens (tertiary/aromatic N) is 3. The third-order valence-corrected chi connectivity index (χ3v) is 9.15. The fraction of sp³-hybridized carbons (Fsp3) is 0.385. The summed E-state index contributed by atoms with van der Waals surface area (Å²) in [6, 6.07) is 11.4. The van der Waals surface area contributed by atoms with E-state index < -0.39 is 16.1 Å². The number of fused-ring (bicyclic) bond motifs is 1. The number of pyridine rings is 1. The summed E-state index contributed by atoms with van der Waals surface area (Å²) in [7, 11) is -1.77. The minimum absolute atomic E-state index is 0.0250. The molecule has 9 nitrogen and oxygen atoms in total. The van der Waals surface area contributed by atoms with Crippen molar-refractivity contribution >= 4 is 33.0 Å². The highest BCUT2D eigenvalue weighted by molar-refractivity contribution is 7.94. The maximum Gasteiger partial charge on any atom is 0.271 e. The first-order valence-corrected chi connectivity index (χ1v) is 14.4. The molecule has 0 aliphatic carbocycles. The van der Waals surface area contributed by atoms with E-state index in [1.807, 2.05) is 26.1 Å². The molecule has 0 unspecified atom stereocenters. The number of anilines is 1. The van der Waals surface area contributed by atoms with Gasteiger partial charge >= 0.3 is 0 Å². The number of likely N-dealkylation sites (N-methyl/N-ethyl adjacent to an activating group) is 1. The van der Waals surface area contributed by atoms with Gasteiger partial charge in [0.05, 0.1) is 18.2 Å². The lowest BCUT2D eigenvalue weighted by Crippen LogP contribution is -2.49. The molecule has 0 bridgehead atoms. The van der Waals surface area contributed by atoms with Gasteiger partial charge in [0.25, 0.3) is 15.9 Å². The second-order valence-electron chi connectivity index (χ2n) is 9.42. The zero-order valence-electron chi connectivity index (χ0n) is 21.1. The van der Waals surface area contributed by atoms with Gasteiger partial charge < -0.3 is 14.7 Å². The number of rotatable bonds is 9. The number of amides is 1. The number of aliphatic hydroxyl groups excluding tert-OH is 1. The van der Waals surface area contributed by atoms with E-state index in [0.29, 0.717) is 25.4 Å². The largest absolute Gasteiger partial charge is 0.488 e. The van der Waals surface area contributed by atoms with Gasteiger partial charge in [-0.05, 0) is 61.3 Å². The van der Waals surface area contributed by atoms with Gasteiger partial charge in [-0.15, -0.1) is 11.3 Å². The number of carbonyl (C=O) groups excluding carboxylic acids is 1. The number of carbonyl (C=O) groups is 1. The number of sulfonamides is 1. The predicted octanol–water partition coefficient (Wildman–Crippen LogP) is 3.30. The van der Waals surface area contributed by atoms with Gasteiger partial charge in [0.15, 0.2) is 0 Å². The van der Waals surface area contributed by atoms with E-state index in [1.54, 1.807) is 47.8 Å². The Morgan fingerprint density at radius 2 is 2.03 bits per heavy atom. The van der Waals surface area contributed by atoms with E-state index in [9.17, 15) is 18.3 Å². The van der Waals surface area contributed by atoms with Gasteiger partial charge in [0.2, 0.25) is 0 Å². The fourth-order valence-electron chi connectivity index (χ4n) is 4.30. The second-order valence-corrected chi connectivity index (χ2v) is 12.3. The minimum Gasteiger partial charge on any atom is -0.488 e. The minimum atomic E-state index is -3.78. The van der Waals surface area contributed by atoms with Crippen molar-refractivity contribution in [1.82, 2.24) is 14.8 Å². The molecule has 1 aliphatic heterocycles. The molecule has 37 heavy (non-hydrogen) atoms. The number of benzene rings is 1. The quantitative estimate of drug-likeness (QED) is 0.425. The van der Waals surface area contributed by atoms with Crippen LogP contribution in [0.4, 0.5) is 5.69 Å². The van der Waals surface area contributed by atoms with Crippen LogP contribution in [-0.4, -0.2) is 73.1 Å². The summed E-state index contributed by atoms with van der Waals surface area (Å²) in [5.41, 5.74) is 1.64. The summed E-state index contributed by atoms with van der Waals surface area (Å²) >= 11 is 1.11. The van der Waals surface area contributed by atoms with Crippen molar-refractivity contribution in [2.75, 3.05) is 31.5 Å². The molecule has 3 heterocycles. The molecule has 11 heteroatoms. The van der Waals surface area contributed by atoms with Crippen LogP contribution in [-0.2, 0) is 16.6 Å². The van der Waals surface area contributed by atoms with Crippen molar-refractivity contribution in [3.05, 3.63) is 71.4 Å². The van der Waals surface area contributed by atoms with E-state index in [-0.39, 0.29) is 40.0 Å². The number of nitrogens with one attached hydrogen (secondary N) is 1. The molecular formula is C26H32N4O5S2. The van der Waals surface area contributed by atoms with E-state index in [0.717, 1.165) is 16.9 Å². The van der Waals surface area contributed by atoms with Crippen molar-refractivity contribution in [3.63, 3.8) is 0 Å². The monoisotopic (exact) mass is 544 g/mol. The third kappa shape index (κ3) is 6.48. The third-order valence-electron chi connectivity index (χ3n) is 6.37. The first-order chi connectivity index (χ1) is 17.7. The Morgan fingerprint density at radius 3 is 2.70 bits per heavy atom. The summed E-state index contributed by atoms with van der Waals surface area (Å²) in [6.07, 6.45) is 3.28. The molecular weight excluding hydrogens is 512 g/mol. The van der Waals surface area contributed by atoms with E-state index >= 15 is 0 Å². The number of aromatic nitrogens is 1. The standard InChI is InChI=1S/C26H32N4O5S2/c1-18-14-30(19(2)17-31)26(32)22-13-21(28-37(33,34)25-5-4-12-36-25)6-7-23(22)35-24(18)16-29(3)15-20-8-10-27-11-9-20/h4-13,18-19,24,28,31H,14-17H2,1-3H3/t18-,19+,24+/m0/s1. The molecule has 3 aromatic rings. The lowest BCUT2D eigenvalue weighted by Gasteiger charge is -2.38. The number of aliphatic hydroxyl groups is 1. The van der Waals surface area contributed by atoms with Crippen LogP contribution in [0.25, 0.3) is 0 Å². The topological polar surface area (TPSA) is 112 Å². The number of thiophene rings is 1. The molecule has 0 saturated carbocycles. The lowest BCUT2D eigenvalue weighted by molar-refractivity contribution is 0.0341. The van der Waals surface area contributed by atoms with Gasteiger partial charge in [0, 0.05) is 43.6 Å². The van der Waals surface area contributed by atoms with Gasteiger partial charge in [-0.25, -0.2) is 8.42 Å². The van der Waals surface area contributed by atoms with Crippen LogP contribution in [0.15, 0.2) is 64.4 Å². The van der Waals surface area contributed by atoms with Crippen LogP contribution in [0.5, 0.6) is 5.75 Å². The fourth-order valence-corrected chi connectivity index (χ4v) is 6.34. The summed E-state index contributed by atoms with van der Waals surface area (Å²) < 4.78 is 34.7. The van der Waals surface area contributed by atoms with Crippen LogP contribution in [0.2, 0.25) is 0 Å². The van der Waals surface area contributed by atoms with Crippen LogP contribution >= 0.6 is 11.3 Å². The molecule has 1 aromatic carbocycles. The summed E-state index contributed by atoms with van der Waals surface area (Å²) in [4.78, 5) is 21.5. The Bertz CT molecular complexity index is 1300. The van der Waals surface area contributed by atoms with Crippen molar-refractivity contribution in [3.8, 4) is 5.75 Å². The molecule has 4 rings (SSSR count). The maximum absolute atomic E-state index is 13.6. The Labute approximate surface area is 221 Å². The SMILES string of the molecule is C[C@H](CO)N1C[C@H](C)[C@@H](CN(C)Cc2ccncc2)Oc2ccc(NS(=O)(=O)c3cccs3)cc2C1=O. The first-order valence-electron chi connectivity index (χ1n) is 12.0. The number of hydrogen-bond acceptors (Lipinski definition) is 8. The smallest absolute Gasteiger partial charge is 0.271 e. The molecule has 0 spiro atoms. The highest BCUT2D eigenvalue weighted by Crippen LogP contribution is 2.32. The van der Waals surface area contributed by atoms with Gasteiger partial charge in [-0.1, -0.05) is 13.0 Å². The van der Waals surface area contributed by atoms with Crippen molar-refractivity contribution in [2.45, 2.75) is 36.7 Å². The van der Waals surface area contributed by atoms with E-state index in [2.05, 4.69) is 14.6 Å². The number of hydrogen-bond donors (Lipinski definition) is 2. The highest BCUT2D eigenvalue weighted by atomic mass is 32.2. The molecule has 1 amide bonds. The zero-order chi connectivity index (χ0) is 26.6. The van der Waals surface area contributed by atoms with Crippen LogP contribution in [0.1, 0.15) is 29.8 Å². The van der Waals surface area contributed by atoms with Crippen LogP contribution < -0.4 is 9.46 Å². The lowest BCUT2D eigenvalue weighted by atomic mass is 9.99. The molecule has 0 radical (unpaired) electrons. The Balaban J connectivity index is 1.63. The molecule has 198 valence electrons. The average Bonchev–Trinajstić information content (AvgIpc) is 3.43. The van der Waals surface area contributed by atoms with Crippen LogP contribution in [0.3, 0.4) is 0 Å². The van der Waals surface area contributed by atoms with Gasteiger partial charge in [0.1, 0.15) is 16.1 Å². The van der Waals surface area contributed by atoms with Crippen molar-refractivity contribution in [1.29, 1.82) is 0 Å². The Hall–Kier alpha value is -2.99. The van der Waals surface area contributed by atoms with Gasteiger partial charge in [-0.2, -0.15) is 0 Å². The Kier molecular flexibility index (Phi) is 8.48. The van der Waals surface area contributed by atoms with Gasteiger partial charge in [-0.3, -0.25) is 19.4 Å². The Morgan fingerprint density at radius 1 is 1.27 bits per heavy atom. The summed E-state index contributed by atoms with van der Waals surface area (Å²) in [5.74, 6) is 0.0419.